The Kier molecular flexibility index (Phi) is 28.3. The van der Waals surface area contributed by atoms with Crippen LogP contribution in [0.5, 0.6) is 0 Å². The zero-order valence-corrected chi connectivity index (χ0v) is 31.9. The summed E-state index contributed by atoms with van der Waals surface area (Å²) in [6.07, 6.45) is 17.0. The molecule has 0 saturated heterocycles. The van der Waals surface area contributed by atoms with Gasteiger partial charge in [-0.2, -0.15) is 11.8 Å². The van der Waals surface area contributed by atoms with Gasteiger partial charge in [0.2, 0.25) is 0 Å². The molecule has 0 saturated carbocycles. The zero-order chi connectivity index (χ0) is 35.3. The van der Waals surface area contributed by atoms with E-state index in [1.807, 2.05) is 25.6 Å². The lowest BCUT2D eigenvalue weighted by atomic mass is 10.0. The lowest BCUT2D eigenvalue weighted by Crippen LogP contribution is -2.31. The first-order valence-corrected chi connectivity index (χ1v) is 20.6. The summed E-state index contributed by atoms with van der Waals surface area (Å²) in [5.74, 6) is -0.673. The van der Waals surface area contributed by atoms with E-state index in [4.69, 9.17) is 23.3 Å². The molecule has 0 bridgehead atoms. The van der Waals surface area contributed by atoms with Crippen LogP contribution in [0, 0.1) is 0 Å². The zero-order valence-electron chi connectivity index (χ0n) is 30.2. The van der Waals surface area contributed by atoms with Gasteiger partial charge in [0.15, 0.2) is 6.10 Å². The molecular formula is C36H65O9PS. The van der Waals surface area contributed by atoms with Crippen LogP contribution in [0.15, 0.2) is 24.3 Å². The maximum absolute atomic E-state index is 12.8. The average Bonchev–Trinajstić information content (AvgIpc) is 3.02. The normalized spacial score (nSPS) is 12.1. The van der Waals surface area contributed by atoms with E-state index in [1.165, 1.54) is 65.2 Å². The number of hydrogen-bond donors (Lipinski definition) is 0. The Bertz CT molecular complexity index is 899. The fraction of sp³-hybridized carbons (Fsp3) is 0.806. The third-order valence-electron chi connectivity index (χ3n) is 7.41. The summed E-state index contributed by atoms with van der Waals surface area (Å²) in [6, 6.07) is 0. The first kappa shape index (κ1) is 45.4. The molecule has 274 valence electrons. The Morgan fingerprint density at radius 1 is 0.681 bits per heavy atom. The molecule has 0 aromatic heterocycles. The van der Waals surface area contributed by atoms with Gasteiger partial charge in [0, 0.05) is 22.8 Å². The predicted octanol–water partition coefficient (Wildman–Crippen LogP) is 9.77. The third kappa shape index (κ3) is 26.0. The molecule has 9 nitrogen and oxygen atoms in total. The summed E-state index contributed by atoms with van der Waals surface area (Å²) in [5, 5.41) is 0.592. The highest BCUT2D eigenvalue weighted by Crippen LogP contribution is 2.48. The second kappa shape index (κ2) is 29.3. The molecule has 0 amide bonds. The van der Waals surface area contributed by atoms with Gasteiger partial charge in [-0.05, 0) is 59.1 Å². The first-order valence-electron chi connectivity index (χ1n) is 17.8. The quantitative estimate of drug-likeness (QED) is 0.0220. The predicted molar refractivity (Wildman–Crippen MR) is 193 cm³/mol. The second-order valence-electron chi connectivity index (χ2n) is 12.1. The Labute approximate surface area is 290 Å². The van der Waals surface area contributed by atoms with Crippen molar-refractivity contribution < 1.29 is 42.2 Å². The minimum absolute atomic E-state index is 0.225. The number of esters is 3. The van der Waals surface area contributed by atoms with Gasteiger partial charge >= 0.3 is 25.5 Å². The molecule has 47 heavy (non-hydrogen) atoms. The van der Waals surface area contributed by atoms with E-state index in [1.54, 1.807) is 0 Å². The molecule has 0 fully saturated rings. The molecule has 11 heteroatoms. The molecule has 0 aliphatic rings. The van der Waals surface area contributed by atoms with Crippen molar-refractivity contribution in [3.05, 3.63) is 24.3 Å². The SMILES string of the molecule is C=C(C)C(=O)OCC(COC(=O)C(=C)C)OC(=O)CCCCCCCC(CCCCCCCCC)SCCCP(=O)(OCC)OCC. The van der Waals surface area contributed by atoms with E-state index in [0.717, 1.165) is 44.3 Å². The number of rotatable bonds is 32. The minimum Gasteiger partial charge on any atom is -0.458 e. The van der Waals surface area contributed by atoms with Crippen LogP contribution >= 0.6 is 19.4 Å². The maximum Gasteiger partial charge on any atom is 0.333 e. The van der Waals surface area contributed by atoms with Crippen molar-refractivity contribution in [1.82, 2.24) is 0 Å². The molecule has 0 aromatic rings. The highest BCUT2D eigenvalue weighted by atomic mass is 32.2. The molecule has 0 aliphatic heterocycles. The summed E-state index contributed by atoms with van der Waals surface area (Å²) < 4.78 is 39.4. The smallest absolute Gasteiger partial charge is 0.333 e. The van der Waals surface area contributed by atoms with Crippen molar-refractivity contribution in [2.45, 2.75) is 149 Å². The van der Waals surface area contributed by atoms with E-state index < -0.39 is 31.6 Å². The van der Waals surface area contributed by atoms with Crippen LogP contribution < -0.4 is 0 Å². The molecule has 0 heterocycles. The van der Waals surface area contributed by atoms with Crippen molar-refractivity contribution in [3.63, 3.8) is 0 Å². The Morgan fingerprint density at radius 2 is 1.15 bits per heavy atom. The highest BCUT2D eigenvalue weighted by Gasteiger charge is 2.23. The van der Waals surface area contributed by atoms with Gasteiger partial charge < -0.3 is 23.3 Å². The van der Waals surface area contributed by atoms with Crippen molar-refractivity contribution >= 4 is 37.3 Å². The van der Waals surface area contributed by atoms with Gasteiger partial charge in [-0.25, -0.2) is 9.59 Å². The van der Waals surface area contributed by atoms with Crippen molar-refractivity contribution in [2.75, 3.05) is 38.3 Å². The largest absolute Gasteiger partial charge is 0.458 e. The van der Waals surface area contributed by atoms with Gasteiger partial charge in [0.25, 0.3) is 0 Å². The van der Waals surface area contributed by atoms with Crippen LogP contribution in [0.1, 0.15) is 137 Å². The van der Waals surface area contributed by atoms with E-state index in [2.05, 4.69) is 20.1 Å². The van der Waals surface area contributed by atoms with Crippen LogP contribution in [0.25, 0.3) is 0 Å². The number of ether oxygens (including phenoxy) is 3. The van der Waals surface area contributed by atoms with Crippen LogP contribution in [-0.2, 0) is 42.2 Å². The number of carbonyl (C=O) groups is 3. The van der Waals surface area contributed by atoms with Gasteiger partial charge in [-0.15, -0.1) is 0 Å². The molecule has 1 unspecified atom stereocenters. The first-order chi connectivity index (χ1) is 22.5. The van der Waals surface area contributed by atoms with Crippen LogP contribution in [-0.4, -0.2) is 67.6 Å². The second-order valence-corrected chi connectivity index (χ2v) is 15.7. The monoisotopic (exact) mass is 704 g/mol. The molecule has 0 aromatic carbocycles. The van der Waals surface area contributed by atoms with Gasteiger partial charge in [0.05, 0.1) is 19.4 Å². The van der Waals surface area contributed by atoms with E-state index in [0.29, 0.717) is 31.0 Å². The standard InChI is InChI=1S/C36H65O9PS/c1-8-11-12-13-14-16-19-23-33(47-27-22-26-46(40,43-9-2)44-10-3)24-20-17-15-18-21-25-34(37)45-32(28-41-35(38)30(4)5)29-42-36(39)31(6)7/h32-33H,4,6,8-29H2,1-3,5,7H3. The Morgan fingerprint density at radius 3 is 1.62 bits per heavy atom. The Balaban J connectivity index is 4.59. The third-order valence-corrected chi connectivity index (χ3v) is 11.0. The fourth-order valence-electron chi connectivity index (χ4n) is 4.82. The fourth-order valence-corrected chi connectivity index (χ4v) is 8.01. The van der Waals surface area contributed by atoms with Gasteiger partial charge in [-0.1, -0.05) is 90.7 Å². The lowest BCUT2D eigenvalue weighted by molar-refractivity contribution is -0.164. The van der Waals surface area contributed by atoms with Crippen LogP contribution in [0.3, 0.4) is 0 Å². The molecule has 0 N–H and O–H groups in total. The van der Waals surface area contributed by atoms with E-state index in [9.17, 15) is 18.9 Å². The minimum atomic E-state index is -2.99. The highest BCUT2D eigenvalue weighted by molar-refractivity contribution is 7.99. The van der Waals surface area contributed by atoms with E-state index in [-0.39, 0.29) is 30.8 Å². The maximum atomic E-state index is 12.8. The van der Waals surface area contributed by atoms with Crippen LogP contribution in [0.4, 0.5) is 0 Å². The average molecular weight is 705 g/mol. The van der Waals surface area contributed by atoms with Crippen molar-refractivity contribution in [2.24, 2.45) is 0 Å². The Hall–Kier alpha value is -1.61. The van der Waals surface area contributed by atoms with Crippen molar-refractivity contribution in [1.29, 1.82) is 0 Å². The van der Waals surface area contributed by atoms with Gasteiger partial charge in [0.1, 0.15) is 13.2 Å². The van der Waals surface area contributed by atoms with Crippen LogP contribution in [0.2, 0.25) is 0 Å². The summed E-state index contributed by atoms with van der Waals surface area (Å²) >= 11 is 2.00. The summed E-state index contributed by atoms with van der Waals surface area (Å²) in [4.78, 5) is 36.0. The molecule has 0 rings (SSSR count). The molecular weight excluding hydrogens is 639 g/mol. The molecule has 1 atom stereocenters. The molecule has 0 radical (unpaired) electrons. The van der Waals surface area contributed by atoms with Crippen molar-refractivity contribution in [3.8, 4) is 0 Å². The summed E-state index contributed by atoms with van der Waals surface area (Å²) in [7, 11) is -2.99. The lowest BCUT2D eigenvalue weighted by Gasteiger charge is -2.19. The topological polar surface area (TPSA) is 114 Å². The number of carbonyl (C=O) groups excluding carboxylic acids is 3. The molecule has 0 spiro atoms. The number of unbranched alkanes of at least 4 members (excludes halogenated alkanes) is 10. The summed E-state index contributed by atoms with van der Waals surface area (Å²) in [5.41, 5.74) is 0.450. The number of thioether (sulfide) groups is 1. The van der Waals surface area contributed by atoms with E-state index >= 15 is 0 Å². The molecule has 0 aliphatic carbocycles. The number of hydrogen-bond acceptors (Lipinski definition) is 10. The van der Waals surface area contributed by atoms with Gasteiger partial charge in [-0.3, -0.25) is 9.36 Å². The summed E-state index contributed by atoms with van der Waals surface area (Å²) in [6.45, 7) is 16.4.